The molecular formula is C24H28Br2N2O2S. The normalized spacial score (nSPS) is 22.9. The Balaban J connectivity index is 1.55. The third-order valence-corrected chi connectivity index (χ3v) is 8.60. The van der Waals surface area contributed by atoms with E-state index in [-0.39, 0.29) is 24.7 Å². The Labute approximate surface area is 205 Å². The standard InChI is InChI=1S/C24H28Br2N2O2S/c25-19-8-4-6-17(12-19)14-27-21-16-31-22(10-2-1-3-11-29)23(21)28(24(27)30)15-18-7-5-9-20(26)13-18/h4-9,12-13,21-23,29H,1-3,10-11,14-16H2/t21?,22-,23?/m0/s1. The molecule has 2 amide bonds. The van der Waals surface area contributed by atoms with Gasteiger partial charge in [0.15, 0.2) is 0 Å². The topological polar surface area (TPSA) is 43.8 Å². The highest BCUT2D eigenvalue weighted by Crippen LogP contribution is 2.43. The number of nitrogens with zero attached hydrogens (tertiary/aromatic N) is 2. The Kier molecular flexibility index (Phi) is 8.01. The van der Waals surface area contributed by atoms with Gasteiger partial charge in [-0.05, 0) is 48.2 Å². The third-order valence-electron chi connectivity index (χ3n) is 6.14. The van der Waals surface area contributed by atoms with Crippen molar-refractivity contribution in [1.29, 1.82) is 0 Å². The first-order valence-electron chi connectivity index (χ1n) is 10.9. The molecule has 0 saturated carbocycles. The molecule has 3 atom stereocenters. The number of hydrogen-bond acceptors (Lipinski definition) is 3. The number of amides is 2. The number of aliphatic hydroxyl groups excluding tert-OH is 1. The first-order valence-corrected chi connectivity index (χ1v) is 13.5. The number of urea groups is 1. The minimum absolute atomic E-state index is 0.149. The van der Waals surface area contributed by atoms with Crippen LogP contribution in [0.15, 0.2) is 57.5 Å². The first kappa shape index (κ1) is 23.1. The van der Waals surface area contributed by atoms with E-state index in [0.717, 1.165) is 51.5 Å². The maximum Gasteiger partial charge on any atom is 0.321 e. The average Bonchev–Trinajstić information content (AvgIpc) is 3.26. The summed E-state index contributed by atoms with van der Waals surface area (Å²) in [6, 6.07) is 17.1. The lowest BCUT2D eigenvalue weighted by atomic mass is 10.0. The molecule has 0 bridgehead atoms. The van der Waals surface area contributed by atoms with Crippen LogP contribution in [0, 0.1) is 0 Å². The number of hydrogen-bond donors (Lipinski definition) is 1. The molecule has 166 valence electrons. The number of carbonyl (C=O) groups excluding carboxylic acids is 1. The van der Waals surface area contributed by atoms with Crippen molar-refractivity contribution in [3.63, 3.8) is 0 Å². The lowest BCUT2D eigenvalue weighted by Crippen LogP contribution is -2.40. The van der Waals surface area contributed by atoms with Gasteiger partial charge >= 0.3 is 6.03 Å². The van der Waals surface area contributed by atoms with E-state index in [2.05, 4.69) is 65.9 Å². The van der Waals surface area contributed by atoms with E-state index < -0.39 is 0 Å². The number of carbonyl (C=O) groups is 1. The molecule has 1 N–H and O–H groups in total. The first-order chi connectivity index (χ1) is 15.1. The molecule has 2 unspecified atom stereocenters. The fraction of sp³-hybridized carbons (Fsp3) is 0.458. The van der Waals surface area contributed by atoms with E-state index >= 15 is 0 Å². The summed E-state index contributed by atoms with van der Waals surface area (Å²) < 4.78 is 2.09. The summed E-state index contributed by atoms with van der Waals surface area (Å²) in [4.78, 5) is 17.8. The monoisotopic (exact) mass is 566 g/mol. The summed E-state index contributed by atoms with van der Waals surface area (Å²) in [5, 5.41) is 9.55. The van der Waals surface area contributed by atoms with Crippen molar-refractivity contribution >= 4 is 49.7 Å². The van der Waals surface area contributed by atoms with E-state index in [1.807, 2.05) is 36.0 Å². The van der Waals surface area contributed by atoms with Gasteiger partial charge in [-0.1, -0.05) is 69.0 Å². The quantitative estimate of drug-likeness (QED) is 0.296. The van der Waals surface area contributed by atoms with E-state index in [0.29, 0.717) is 18.3 Å². The Morgan fingerprint density at radius 1 is 0.935 bits per heavy atom. The highest BCUT2D eigenvalue weighted by Gasteiger charge is 2.52. The molecule has 0 aliphatic carbocycles. The Morgan fingerprint density at radius 2 is 1.58 bits per heavy atom. The summed E-state index contributed by atoms with van der Waals surface area (Å²) in [5.74, 6) is 0.990. The molecule has 7 heteroatoms. The Bertz CT molecular complexity index is 913. The maximum atomic E-state index is 13.6. The molecule has 31 heavy (non-hydrogen) atoms. The van der Waals surface area contributed by atoms with Crippen LogP contribution in [0.4, 0.5) is 4.79 Å². The van der Waals surface area contributed by atoms with Gasteiger partial charge < -0.3 is 14.9 Å². The highest BCUT2D eigenvalue weighted by atomic mass is 79.9. The molecule has 2 aliphatic rings. The van der Waals surface area contributed by atoms with Crippen LogP contribution in [-0.4, -0.2) is 50.6 Å². The number of rotatable bonds is 9. The summed E-state index contributed by atoms with van der Waals surface area (Å²) >= 11 is 9.13. The fourth-order valence-corrected chi connectivity index (χ4v) is 7.27. The molecule has 4 rings (SSSR count). The molecule has 0 aromatic heterocycles. The zero-order valence-corrected chi connectivity index (χ0v) is 21.4. The van der Waals surface area contributed by atoms with Gasteiger partial charge in [-0.2, -0.15) is 11.8 Å². The number of thioether (sulfide) groups is 1. The predicted octanol–water partition coefficient (Wildman–Crippen LogP) is 6.05. The van der Waals surface area contributed by atoms with Crippen molar-refractivity contribution < 1.29 is 9.90 Å². The van der Waals surface area contributed by atoms with Gasteiger partial charge in [-0.15, -0.1) is 0 Å². The van der Waals surface area contributed by atoms with Crippen LogP contribution < -0.4 is 0 Å². The zero-order chi connectivity index (χ0) is 21.8. The zero-order valence-electron chi connectivity index (χ0n) is 17.4. The van der Waals surface area contributed by atoms with Gasteiger partial charge in [0.1, 0.15) is 0 Å². The van der Waals surface area contributed by atoms with Crippen LogP contribution in [0.1, 0.15) is 36.8 Å². The van der Waals surface area contributed by atoms with Crippen molar-refractivity contribution in [2.45, 2.75) is 56.1 Å². The van der Waals surface area contributed by atoms with Crippen molar-refractivity contribution in [2.75, 3.05) is 12.4 Å². The number of unbranched alkanes of at least 4 members (excludes halogenated alkanes) is 2. The largest absolute Gasteiger partial charge is 0.396 e. The predicted molar refractivity (Wildman–Crippen MR) is 134 cm³/mol. The number of fused-ring (bicyclic) bond motifs is 1. The molecule has 2 saturated heterocycles. The molecular weight excluding hydrogens is 540 g/mol. The lowest BCUT2D eigenvalue weighted by Gasteiger charge is -2.27. The van der Waals surface area contributed by atoms with E-state index in [9.17, 15) is 4.79 Å². The third kappa shape index (κ3) is 5.49. The minimum Gasteiger partial charge on any atom is -0.396 e. The second-order valence-corrected chi connectivity index (χ2v) is 11.4. The van der Waals surface area contributed by atoms with Gasteiger partial charge in [0.25, 0.3) is 0 Å². The lowest BCUT2D eigenvalue weighted by molar-refractivity contribution is 0.180. The van der Waals surface area contributed by atoms with Crippen LogP contribution in [0.3, 0.4) is 0 Å². The summed E-state index contributed by atoms with van der Waals surface area (Å²) in [5.41, 5.74) is 2.31. The molecule has 2 aliphatic heterocycles. The van der Waals surface area contributed by atoms with E-state index in [4.69, 9.17) is 5.11 Å². The van der Waals surface area contributed by atoms with Crippen molar-refractivity contribution in [3.05, 3.63) is 68.6 Å². The van der Waals surface area contributed by atoms with Crippen LogP contribution in [0.25, 0.3) is 0 Å². The van der Waals surface area contributed by atoms with Gasteiger partial charge in [0.05, 0.1) is 12.1 Å². The van der Waals surface area contributed by atoms with E-state index in [1.165, 1.54) is 0 Å². The second-order valence-electron chi connectivity index (χ2n) is 8.30. The van der Waals surface area contributed by atoms with Crippen LogP contribution in [-0.2, 0) is 13.1 Å². The van der Waals surface area contributed by atoms with Gasteiger partial charge in [-0.3, -0.25) is 0 Å². The number of halogens is 2. The molecule has 2 heterocycles. The summed E-state index contributed by atoms with van der Waals surface area (Å²) in [6.45, 7) is 1.55. The molecule has 2 aromatic carbocycles. The van der Waals surface area contributed by atoms with Gasteiger partial charge in [-0.25, -0.2) is 4.79 Å². The Morgan fingerprint density at radius 3 is 2.19 bits per heavy atom. The smallest absolute Gasteiger partial charge is 0.321 e. The van der Waals surface area contributed by atoms with Gasteiger partial charge in [0, 0.05) is 39.6 Å². The minimum atomic E-state index is 0.149. The molecule has 0 radical (unpaired) electrons. The van der Waals surface area contributed by atoms with Crippen LogP contribution in [0.2, 0.25) is 0 Å². The second kappa shape index (κ2) is 10.7. The Hall–Kier alpha value is -1.02. The molecule has 2 aromatic rings. The summed E-state index contributed by atoms with van der Waals surface area (Å²) in [6.07, 6.45) is 4.11. The summed E-state index contributed by atoms with van der Waals surface area (Å²) in [7, 11) is 0. The number of aliphatic hydroxyl groups is 1. The van der Waals surface area contributed by atoms with Crippen LogP contribution >= 0.6 is 43.6 Å². The van der Waals surface area contributed by atoms with Crippen LogP contribution in [0.5, 0.6) is 0 Å². The van der Waals surface area contributed by atoms with E-state index in [1.54, 1.807) is 0 Å². The van der Waals surface area contributed by atoms with Crippen molar-refractivity contribution in [2.24, 2.45) is 0 Å². The van der Waals surface area contributed by atoms with Crippen molar-refractivity contribution in [3.8, 4) is 0 Å². The van der Waals surface area contributed by atoms with Crippen molar-refractivity contribution in [1.82, 2.24) is 9.80 Å². The number of benzene rings is 2. The SMILES string of the molecule is O=C1N(Cc2cccc(Br)c2)C2CS[C@@H](CCCCCO)C2N1Cc1cccc(Br)c1. The highest BCUT2D eigenvalue weighted by molar-refractivity contribution is 9.10. The average molecular weight is 568 g/mol. The maximum absolute atomic E-state index is 13.6. The van der Waals surface area contributed by atoms with Gasteiger partial charge in [0.2, 0.25) is 0 Å². The molecule has 0 spiro atoms. The molecule has 4 nitrogen and oxygen atoms in total. The molecule has 2 fully saturated rings. The fourth-order valence-electron chi connectivity index (χ4n) is 4.69.